The fourth-order valence-corrected chi connectivity index (χ4v) is 9.80. The normalized spacial score (nSPS) is 12.3. The summed E-state index contributed by atoms with van der Waals surface area (Å²) in [6, 6.07) is 0. The minimum Gasteiger partial charge on any atom is -0.462 e. The fourth-order valence-electron chi connectivity index (χ4n) is 9.80. The maximum Gasteiger partial charge on any atom is 0.306 e. The van der Waals surface area contributed by atoms with E-state index in [9.17, 15) is 14.4 Å². The summed E-state index contributed by atoms with van der Waals surface area (Å²) in [5, 5.41) is 0. The topological polar surface area (TPSA) is 78.9 Å². The van der Waals surface area contributed by atoms with Gasteiger partial charge >= 0.3 is 17.9 Å². The molecule has 0 bridgehead atoms. The van der Waals surface area contributed by atoms with Crippen molar-refractivity contribution in [2.75, 3.05) is 13.2 Å². The highest BCUT2D eigenvalue weighted by atomic mass is 16.6. The molecular formula is C69H126O6. The van der Waals surface area contributed by atoms with Crippen LogP contribution in [0.25, 0.3) is 0 Å². The lowest BCUT2D eigenvalue weighted by Gasteiger charge is -2.18. The smallest absolute Gasteiger partial charge is 0.306 e. The molecule has 0 aliphatic carbocycles. The van der Waals surface area contributed by atoms with Gasteiger partial charge in [-0.1, -0.05) is 301 Å². The van der Waals surface area contributed by atoms with Crippen LogP contribution in [-0.2, 0) is 28.6 Å². The molecule has 75 heavy (non-hydrogen) atoms. The zero-order chi connectivity index (χ0) is 54.3. The van der Waals surface area contributed by atoms with E-state index in [0.717, 1.165) is 77.0 Å². The molecule has 0 heterocycles. The average molecular weight is 1050 g/mol. The fraction of sp³-hybridized carbons (Fsp3) is 0.841. The summed E-state index contributed by atoms with van der Waals surface area (Å²) < 4.78 is 16.9. The molecule has 0 saturated heterocycles. The van der Waals surface area contributed by atoms with Crippen LogP contribution in [0.2, 0.25) is 0 Å². The summed E-state index contributed by atoms with van der Waals surface area (Å²) in [5.41, 5.74) is 0. The molecule has 0 saturated carbocycles. The molecule has 0 aromatic heterocycles. The molecule has 0 radical (unpaired) electrons. The van der Waals surface area contributed by atoms with Crippen LogP contribution in [-0.4, -0.2) is 37.2 Å². The van der Waals surface area contributed by atoms with E-state index in [1.165, 1.54) is 238 Å². The predicted octanol–water partition coefficient (Wildman–Crippen LogP) is 22.6. The van der Waals surface area contributed by atoms with E-state index in [2.05, 4.69) is 69.4 Å². The van der Waals surface area contributed by atoms with Crippen molar-refractivity contribution in [3.8, 4) is 0 Å². The number of esters is 3. The van der Waals surface area contributed by atoms with Crippen molar-refractivity contribution in [3.63, 3.8) is 0 Å². The number of hydrogen-bond acceptors (Lipinski definition) is 6. The van der Waals surface area contributed by atoms with Gasteiger partial charge in [-0.3, -0.25) is 14.4 Å². The highest BCUT2D eigenvalue weighted by Gasteiger charge is 2.19. The second-order valence-corrected chi connectivity index (χ2v) is 22.4. The van der Waals surface area contributed by atoms with Crippen molar-refractivity contribution in [2.45, 2.75) is 361 Å². The van der Waals surface area contributed by atoms with Gasteiger partial charge in [0.05, 0.1) is 0 Å². The Labute approximate surface area is 467 Å². The summed E-state index contributed by atoms with van der Waals surface area (Å²) in [4.78, 5) is 38.2. The molecule has 6 heteroatoms. The van der Waals surface area contributed by atoms with Gasteiger partial charge in [0.2, 0.25) is 0 Å². The van der Waals surface area contributed by atoms with Crippen molar-refractivity contribution < 1.29 is 28.6 Å². The first-order valence-corrected chi connectivity index (χ1v) is 33.1. The number of carbonyl (C=O) groups is 3. The third-order valence-electron chi connectivity index (χ3n) is 14.8. The molecule has 0 spiro atoms. The SMILES string of the molecule is CCCCCC/C=C\CCCCCCCC(=O)OC(COC(=O)CCCCCCCCCCCCCCC)COC(=O)CCCCCCCCCCCCCCCCCC/C=C\C/C=C\C/C=C\CCCCCCC. The first kappa shape index (κ1) is 72.4. The summed E-state index contributed by atoms with van der Waals surface area (Å²) in [5.74, 6) is -0.860. The third-order valence-corrected chi connectivity index (χ3v) is 14.8. The maximum absolute atomic E-state index is 12.9. The Morgan fingerprint density at radius 1 is 0.267 bits per heavy atom. The van der Waals surface area contributed by atoms with E-state index < -0.39 is 6.10 Å². The van der Waals surface area contributed by atoms with E-state index in [0.29, 0.717) is 19.3 Å². The van der Waals surface area contributed by atoms with Gasteiger partial charge in [0.25, 0.3) is 0 Å². The highest BCUT2D eigenvalue weighted by Crippen LogP contribution is 2.17. The number of rotatable bonds is 61. The van der Waals surface area contributed by atoms with Crippen LogP contribution in [0, 0.1) is 0 Å². The lowest BCUT2D eigenvalue weighted by Crippen LogP contribution is -2.30. The summed E-state index contributed by atoms with van der Waals surface area (Å²) in [6.07, 6.45) is 79.9. The minimum absolute atomic E-state index is 0.0715. The number of unbranched alkanes of at least 4 members (excludes halogenated alkanes) is 42. The van der Waals surface area contributed by atoms with Gasteiger partial charge < -0.3 is 14.2 Å². The highest BCUT2D eigenvalue weighted by molar-refractivity contribution is 5.71. The van der Waals surface area contributed by atoms with Crippen LogP contribution >= 0.6 is 0 Å². The zero-order valence-electron chi connectivity index (χ0n) is 50.3. The molecule has 6 nitrogen and oxygen atoms in total. The lowest BCUT2D eigenvalue weighted by atomic mass is 10.0. The summed E-state index contributed by atoms with van der Waals surface area (Å²) in [7, 11) is 0. The molecule has 0 aromatic rings. The lowest BCUT2D eigenvalue weighted by molar-refractivity contribution is -0.167. The predicted molar refractivity (Wildman–Crippen MR) is 325 cm³/mol. The molecule has 1 atom stereocenters. The van der Waals surface area contributed by atoms with Crippen molar-refractivity contribution in [1.29, 1.82) is 0 Å². The zero-order valence-corrected chi connectivity index (χ0v) is 50.3. The number of hydrogen-bond donors (Lipinski definition) is 0. The summed E-state index contributed by atoms with van der Waals surface area (Å²) in [6.45, 7) is 6.65. The molecule has 438 valence electrons. The second kappa shape index (κ2) is 63.9. The first-order chi connectivity index (χ1) is 37.0. The van der Waals surface area contributed by atoms with E-state index in [1.807, 2.05) is 0 Å². The molecule has 0 fully saturated rings. The van der Waals surface area contributed by atoms with Gasteiger partial charge in [-0.25, -0.2) is 0 Å². The van der Waals surface area contributed by atoms with Crippen LogP contribution in [0.1, 0.15) is 355 Å². The number of ether oxygens (including phenoxy) is 3. The van der Waals surface area contributed by atoms with Gasteiger partial charge in [0.15, 0.2) is 6.10 Å². The Morgan fingerprint density at radius 3 is 0.773 bits per heavy atom. The van der Waals surface area contributed by atoms with Crippen LogP contribution in [0.15, 0.2) is 48.6 Å². The van der Waals surface area contributed by atoms with Crippen LogP contribution < -0.4 is 0 Å². The van der Waals surface area contributed by atoms with Crippen molar-refractivity contribution >= 4 is 17.9 Å². The molecule has 1 unspecified atom stereocenters. The Hall–Kier alpha value is -2.63. The Bertz CT molecular complexity index is 1300. The molecule has 0 aromatic carbocycles. The quantitative estimate of drug-likeness (QED) is 0.0261. The van der Waals surface area contributed by atoms with Gasteiger partial charge in [0.1, 0.15) is 13.2 Å². The van der Waals surface area contributed by atoms with Gasteiger partial charge in [-0.05, 0) is 83.5 Å². The van der Waals surface area contributed by atoms with Gasteiger partial charge in [-0.2, -0.15) is 0 Å². The van der Waals surface area contributed by atoms with E-state index in [-0.39, 0.29) is 31.1 Å². The Kier molecular flexibility index (Phi) is 61.7. The molecular weight excluding hydrogens is 925 g/mol. The second-order valence-electron chi connectivity index (χ2n) is 22.4. The molecule has 0 amide bonds. The minimum atomic E-state index is -0.774. The van der Waals surface area contributed by atoms with E-state index in [1.54, 1.807) is 0 Å². The van der Waals surface area contributed by atoms with Crippen molar-refractivity contribution in [3.05, 3.63) is 48.6 Å². The number of allylic oxidation sites excluding steroid dienone is 8. The van der Waals surface area contributed by atoms with E-state index >= 15 is 0 Å². The molecule has 0 aliphatic rings. The van der Waals surface area contributed by atoms with E-state index in [4.69, 9.17) is 14.2 Å². The Balaban J connectivity index is 4.12. The monoisotopic (exact) mass is 1050 g/mol. The number of carbonyl (C=O) groups excluding carboxylic acids is 3. The van der Waals surface area contributed by atoms with Crippen LogP contribution in [0.5, 0.6) is 0 Å². The van der Waals surface area contributed by atoms with Crippen LogP contribution in [0.4, 0.5) is 0 Å². The van der Waals surface area contributed by atoms with Gasteiger partial charge in [0, 0.05) is 19.3 Å². The first-order valence-electron chi connectivity index (χ1n) is 33.1. The molecule has 0 N–H and O–H groups in total. The van der Waals surface area contributed by atoms with Gasteiger partial charge in [-0.15, -0.1) is 0 Å². The largest absolute Gasteiger partial charge is 0.462 e. The standard InChI is InChI=1S/C69H126O6/c1-4-7-10-13-16-19-22-25-26-27-28-29-30-31-32-33-34-35-36-37-38-39-40-41-42-45-47-50-53-56-59-62-68(71)74-65-66(75-69(72)63-60-57-54-51-48-44-24-21-18-15-12-9-6-3)64-73-67(70)61-58-55-52-49-46-43-23-20-17-14-11-8-5-2/h21-22,24-25,27-28,30-31,66H,4-20,23,26,29,32-65H2,1-3H3/b24-21-,25-22-,28-27-,31-30-. The third kappa shape index (κ3) is 62.1. The molecule has 0 rings (SSSR count). The summed E-state index contributed by atoms with van der Waals surface area (Å²) >= 11 is 0. The van der Waals surface area contributed by atoms with Crippen molar-refractivity contribution in [2.24, 2.45) is 0 Å². The van der Waals surface area contributed by atoms with Crippen LogP contribution in [0.3, 0.4) is 0 Å². The maximum atomic E-state index is 12.9. The van der Waals surface area contributed by atoms with Crippen molar-refractivity contribution in [1.82, 2.24) is 0 Å². The molecule has 0 aliphatic heterocycles. The average Bonchev–Trinajstić information content (AvgIpc) is 3.41. The Morgan fingerprint density at radius 2 is 0.480 bits per heavy atom.